The van der Waals surface area contributed by atoms with Crippen molar-refractivity contribution in [3.63, 3.8) is 0 Å². The van der Waals surface area contributed by atoms with Crippen LogP contribution in [0.5, 0.6) is 0 Å². The minimum Gasteiger partial charge on any atom is -0.313 e. The molecule has 2 rings (SSSR count). The second-order valence-electron chi connectivity index (χ2n) is 4.78. The third-order valence-electron chi connectivity index (χ3n) is 3.52. The van der Waals surface area contributed by atoms with Gasteiger partial charge < -0.3 is 5.32 Å². The molecule has 1 N–H and O–H groups in total. The van der Waals surface area contributed by atoms with Crippen molar-refractivity contribution in [3.8, 4) is 0 Å². The van der Waals surface area contributed by atoms with E-state index in [1.807, 2.05) is 25.7 Å². The van der Waals surface area contributed by atoms with Crippen LogP contribution < -0.4 is 5.32 Å². The Labute approximate surface area is 123 Å². The first-order valence-electron chi connectivity index (χ1n) is 6.69. The summed E-state index contributed by atoms with van der Waals surface area (Å²) in [7, 11) is 3.79. The van der Waals surface area contributed by atoms with Gasteiger partial charge in [-0.05, 0) is 31.2 Å². The summed E-state index contributed by atoms with van der Waals surface area (Å²) in [6.07, 6.45) is 1.53. The van der Waals surface area contributed by atoms with E-state index in [1.54, 1.807) is 12.1 Å². The molecule has 0 bridgehead atoms. The normalized spacial score (nSPS) is 12.7. The number of aromatic nitrogens is 2. The van der Waals surface area contributed by atoms with E-state index in [4.69, 9.17) is 11.6 Å². The zero-order chi connectivity index (χ0) is 14.7. The van der Waals surface area contributed by atoms with Gasteiger partial charge in [-0.2, -0.15) is 5.10 Å². The number of likely N-dealkylation sites (N-methyl/N-ethyl adjacent to an activating group) is 1. The van der Waals surface area contributed by atoms with Crippen molar-refractivity contribution in [2.45, 2.75) is 25.8 Å². The second-order valence-corrected chi connectivity index (χ2v) is 5.16. The van der Waals surface area contributed by atoms with Crippen LogP contribution in [0.2, 0.25) is 5.02 Å². The summed E-state index contributed by atoms with van der Waals surface area (Å²) >= 11 is 6.37. The van der Waals surface area contributed by atoms with Gasteiger partial charge in [0.2, 0.25) is 0 Å². The first-order valence-corrected chi connectivity index (χ1v) is 7.07. The Kier molecular flexibility index (Phi) is 4.78. The van der Waals surface area contributed by atoms with Crippen molar-refractivity contribution in [2.75, 3.05) is 7.05 Å². The predicted octanol–water partition coefficient (Wildman–Crippen LogP) is 3.28. The van der Waals surface area contributed by atoms with E-state index in [9.17, 15) is 4.39 Å². The molecule has 3 nitrogen and oxygen atoms in total. The first kappa shape index (κ1) is 15.0. The average Bonchev–Trinajstić information content (AvgIpc) is 2.72. The highest BCUT2D eigenvalue weighted by Gasteiger charge is 2.18. The van der Waals surface area contributed by atoms with Crippen molar-refractivity contribution in [1.29, 1.82) is 0 Å². The lowest BCUT2D eigenvalue weighted by Crippen LogP contribution is -2.20. The lowest BCUT2D eigenvalue weighted by molar-refractivity contribution is 0.558. The second kappa shape index (κ2) is 6.37. The molecule has 0 fully saturated rings. The molecule has 5 heteroatoms. The molecule has 1 aromatic heterocycles. The largest absolute Gasteiger partial charge is 0.313 e. The molecule has 1 heterocycles. The minimum atomic E-state index is -0.226. The number of nitrogens with one attached hydrogen (secondary N) is 1. The number of nitrogens with zero attached hydrogens (tertiary/aromatic N) is 2. The number of rotatable bonds is 5. The highest BCUT2D eigenvalue weighted by atomic mass is 35.5. The van der Waals surface area contributed by atoms with E-state index in [-0.39, 0.29) is 11.9 Å². The van der Waals surface area contributed by atoms with Crippen LogP contribution in [0, 0.1) is 5.82 Å². The molecule has 0 spiro atoms. The van der Waals surface area contributed by atoms with Gasteiger partial charge in [0.05, 0.1) is 16.4 Å². The zero-order valence-corrected chi connectivity index (χ0v) is 12.7. The molecule has 0 aliphatic carbocycles. The van der Waals surface area contributed by atoms with Crippen LogP contribution in [0.15, 0.2) is 24.3 Å². The Bertz CT molecular complexity index is 578. The van der Waals surface area contributed by atoms with Crippen LogP contribution in [0.3, 0.4) is 0 Å². The third kappa shape index (κ3) is 3.02. The maximum Gasteiger partial charge on any atom is 0.123 e. The summed E-state index contributed by atoms with van der Waals surface area (Å²) in [4.78, 5) is 0. The van der Waals surface area contributed by atoms with E-state index >= 15 is 0 Å². The van der Waals surface area contributed by atoms with Crippen LogP contribution >= 0.6 is 11.6 Å². The quantitative estimate of drug-likeness (QED) is 0.917. The van der Waals surface area contributed by atoms with Gasteiger partial charge in [0.15, 0.2) is 0 Å². The summed E-state index contributed by atoms with van der Waals surface area (Å²) in [5.41, 5.74) is 2.94. The zero-order valence-electron chi connectivity index (χ0n) is 12.0. The standard InChI is InChI=1S/C15H19ClFN3/c1-4-12-15(16)14(20(3)19-12)9-13(18-2)10-5-7-11(17)8-6-10/h5-8,13,18H,4,9H2,1-3H3. The summed E-state index contributed by atoms with van der Waals surface area (Å²) < 4.78 is 14.8. The van der Waals surface area contributed by atoms with Crippen LogP contribution in [0.25, 0.3) is 0 Å². The maximum absolute atomic E-state index is 13.0. The lowest BCUT2D eigenvalue weighted by atomic mass is 10.0. The smallest absolute Gasteiger partial charge is 0.123 e. The van der Waals surface area contributed by atoms with Crippen LogP contribution in [-0.2, 0) is 19.9 Å². The van der Waals surface area contributed by atoms with Crippen molar-refractivity contribution in [1.82, 2.24) is 15.1 Å². The molecule has 108 valence electrons. The average molecular weight is 296 g/mol. The topological polar surface area (TPSA) is 29.9 Å². The predicted molar refractivity (Wildman–Crippen MR) is 79.5 cm³/mol. The van der Waals surface area contributed by atoms with E-state index in [0.717, 1.165) is 28.4 Å². The number of hydrogen-bond donors (Lipinski definition) is 1. The highest BCUT2D eigenvalue weighted by Crippen LogP contribution is 2.26. The van der Waals surface area contributed by atoms with Gasteiger partial charge in [0, 0.05) is 19.5 Å². The Morgan fingerprint density at radius 1 is 1.35 bits per heavy atom. The fourth-order valence-corrected chi connectivity index (χ4v) is 2.69. The van der Waals surface area contributed by atoms with Crippen molar-refractivity contribution in [3.05, 3.63) is 52.1 Å². The van der Waals surface area contributed by atoms with E-state index in [1.165, 1.54) is 12.1 Å². The van der Waals surface area contributed by atoms with Crippen LogP contribution in [0.4, 0.5) is 4.39 Å². The molecule has 0 radical (unpaired) electrons. The van der Waals surface area contributed by atoms with Crippen molar-refractivity contribution in [2.24, 2.45) is 7.05 Å². The molecule has 0 saturated heterocycles. The molecular formula is C15H19ClFN3. The molecule has 0 amide bonds. The van der Waals surface area contributed by atoms with Gasteiger partial charge >= 0.3 is 0 Å². The van der Waals surface area contributed by atoms with Gasteiger partial charge in [0.25, 0.3) is 0 Å². The Hall–Kier alpha value is -1.39. The van der Waals surface area contributed by atoms with Gasteiger partial charge in [-0.3, -0.25) is 4.68 Å². The van der Waals surface area contributed by atoms with Crippen molar-refractivity contribution < 1.29 is 4.39 Å². The van der Waals surface area contributed by atoms with E-state index < -0.39 is 0 Å². The number of halogens is 2. The molecule has 0 saturated carbocycles. The Morgan fingerprint density at radius 3 is 2.50 bits per heavy atom. The fourth-order valence-electron chi connectivity index (χ4n) is 2.32. The fraction of sp³-hybridized carbons (Fsp3) is 0.400. The highest BCUT2D eigenvalue weighted by molar-refractivity contribution is 6.31. The van der Waals surface area contributed by atoms with Gasteiger partial charge in [-0.25, -0.2) is 4.39 Å². The minimum absolute atomic E-state index is 0.0770. The third-order valence-corrected chi connectivity index (χ3v) is 3.96. The molecule has 1 unspecified atom stereocenters. The maximum atomic E-state index is 13.0. The molecule has 0 aliphatic heterocycles. The molecule has 1 atom stereocenters. The summed E-state index contributed by atoms with van der Waals surface area (Å²) in [6, 6.07) is 6.61. The number of aryl methyl sites for hydroxylation is 2. The molecule has 20 heavy (non-hydrogen) atoms. The SMILES string of the molecule is CCc1nn(C)c(CC(NC)c2ccc(F)cc2)c1Cl. The molecule has 0 aliphatic rings. The van der Waals surface area contributed by atoms with Crippen LogP contribution in [-0.4, -0.2) is 16.8 Å². The van der Waals surface area contributed by atoms with Gasteiger partial charge in [-0.1, -0.05) is 30.7 Å². The van der Waals surface area contributed by atoms with E-state index in [2.05, 4.69) is 10.4 Å². The first-order chi connectivity index (χ1) is 9.56. The summed E-state index contributed by atoms with van der Waals surface area (Å²) in [6.45, 7) is 2.04. The van der Waals surface area contributed by atoms with Gasteiger partial charge in [-0.15, -0.1) is 0 Å². The van der Waals surface area contributed by atoms with E-state index in [0.29, 0.717) is 6.42 Å². The Morgan fingerprint density at radius 2 is 2.00 bits per heavy atom. The molecule has 1 aromatic carbocycles. The molecule has 2 aromatic rings. The molecular weight excluding hydrogens is 277 g/mol. The number of benzene rings is 1. The van der Waals surface area contributed by atoms with Gasteiger partial charge in [0.1, 0.15) is 5.82 Å². The van der Waals surface area contributed by atoms with Crippen LogP contribution in [0.1, 0.15) is 29.9 Å². The number of hydrogen-bond acceptors (Lipinski definition) is 2. The van der Waals surface area contributed by atoms with Crippen molar-refractivity contribution >= 4 is 11.6 Å². The Balaban J connectivity index is 2.26. The monoisotopic (exact) mass is 295 g/mol. The lowest BCUT2D eigenvalue weighted by Gasteiger charge is -2.17. The summed E-state index contributed by atoms with van der Waals surface area (Å²) in [5, 5.41) is 8.40. The summed E-state index contributed by atoms with van der Waals surface area (Å²) in [5.74, 6) is -0.226.